The molecule has 3 nitrogen and oxygen atoms in total. The summed E-state index contributed by atoms with van der Waals surface area (Å²) in [6.45, 7) is 13.8. The van der Waals surface area contributed by atoms with Crippen LogP contribution in [0, 0.1) is 35.0 Å². The molecule has 2 N–H and O–H groups in total. The number of hydrogen-bond acceptors (Lipinski definition) is 3. The van der Waals surface area contributed by atoms with Gasteiger partial charge in [-0.3, -0.25) is 0 Å². The van der Waals surface area contributed by atoms with Gasteiger partial charge in [0.15, 0.2) is 0 Å². The number of aliphatic hydroxyl groups excluding tert-OH is 2. The van der Waals surface area contributed by atoms with E-state index < -0.39 is 24.0 Å². The normalized spacial score (nSPS) is 41.9. The molecule has 7 atom stereocenters. The first-order chi connectivity index (χ1) is 15.4. The van der Waals surface area contributed by atoms with Crippen LogP contribution in [0.5, 0.6) is 0 Å². The zero-order valence-corrected chi connectivity index (χ0v) is 20.9. The quantitative estimate of drug-likeness (QED) is 0.558. The lowest BCUT2D eigenvalue weighted by molar-refractivity contribution is -0.109. The van der Waals surface area contributed by atoms with Crippen molar-refractivity contribution in [3.05, 3.63) is 35.5 Å². The van der Waals surface area contributed by atoms with Crippen molar-refractivity contribution in [2.45, 2.75) is 84.4 Å². The van der Waals surface area contributed by atoms with E-state index in [9.17, 15) is 19.0 Å². The van der Waals surface area contributed by atoms with Crippen molar-refractivity contribution in [3.63, 3.8) is 0 Å². The zero-order valence-electron chi connectivity index (χ0n) is 20.9. The smallest absolute Gasteiger partial charge is 0.250 e. The van der Waals surface area contributed by atoms with Gasteiger partial charge in [0, 0.05) is 31.5 Å². The Bertz CT molecular complexity index is 809. The molecule has 5 heteroatoms. The lowest BCUT2D eigenvalue weighted by Crippen LogP contribution is -2.55. The number of rotatable bonds is 5. The van der Waals surface area contributed by atoms with Crippen molar-refractivity contribution < 1.29 is 19.0 Å². The number of alkyl halides is 2. The van der Waals surface area contributed by atoms with Crippen LogP contribution in [-0.2, 0) is 0 Å². The Hall–Kier alpha value is -1.04. The van der Waals surface area contributed by atoms with Crippen LogP contribution in [0.25, 0.3) is 0 Å². The van der Waals surface area contributed by atoms with Crippen molar-refractivity contribution in [2.75, 3.05) is 19.6 Å². The minimum atomic E-state index is -2.56. The molecule has 0 aromatic rings. The van der Waals surface area contributed by atoms with Gasteiger partial charge in [0.25, 0.3) is 5.92 Å². The van der Waals surface area contributed by atoms with Crippen LogP contribution in [0.1, 0.15) is 66.2 Å². The van der Waals surface area contributed by atoms with Gasteiger partial charge in [0.05, 0.1) is 12.2 Å². The summed E-state index contributed by atoms with van der Waals surface area (Å²) in [6, 6.07) is 0. The minimum Gasteiger partial charge on any atom is -0.392 e. The Balaban J connectivity index is 1.43. The lowest BCUT2D eigenvalue weighted by Gasteiger charge is -2.47. The van der Waals surface area contributed by atoms with Crippen LogP contribution in [0.3, 0.4) is 0 Å². The minimum absolute atomic E-state index is 0.178. The highest BCUT2D eigenvalue weighted by atomic mass is 19.3. The van der Waals surface area contributed by atoms with Crippen molar-refractivity contribution in [3.8, 4) is 0 Å². The van der Waals surface area contributed by atoms with Gasteiger partial charge in [-0.15, -0.1) is 0 Å². The Labute approximate surface area is 198 Å². The summed E-state index contributed by atoms with van der Waals surface area (Å²) in [7, 11) is 0. The molecule has 4 fully saturated rings. The molecule has 0 bridgehead atoms. The van der Waals surface area contributed by atoms with Gasteiger partial charge >= 0.3 is 0 Å². The fraction of sp³-hybridized carbons (Fsp3) is 0.786. The molecule has 1 saturated heterocycles. The Kier molecular flexibility index (Phi) is 6.99. The van der Waals surface area contributed by atoms with E-state index in [0.29, 0.717) is 37.3 Å². The topological polar surface area (TPSA) is 43.7 Å². The second-order valence-corrected chi connectivity index (χ2v) is 12.0. The maximum absolute atomic E-state index is 13.5. The molecule has 1 heterocycles. The molecular formula is C28H43F2NO2. The third-order valence-electron chi connectivity index (χ3n) is 9.75. The van der Waals surface area contributed by atoms with Crippen molar-refractivity contribution in [1.82, 2.24) is 4.90 Å². The summed E-state index contributed by atoms with van der Waals surface area (Å²) in [6.07, 6.45) is 9.63. The molecule has 0 amide bonds. The lowest BCUT2D eigenvalue weighted by atomic mass is 9.61. The van der Waals surface area contributed by atoms with Crippen molar-refractivity contribution in [1.29, 1.82) is 0 Å². The number of nitrogens with zero attached hydrogens (tertiary/aromatic N) is 1. The SMILES string of the molecule is C=C1/C(=C\C=C2/CCC[C@]3(C)[C@@H](C(C)CN4CC(C(C)(F)F)C4)CC[C@@H]23)C[C@@H](O)[C@H](C)[C@@H]1O. The van der Waals surface area contributed by atoms with Crippen molar-refractivity contribution in [2.24, 2.45) is 35.0 Å². The highest BCUT2D eigenvalue weighted by Crippen LogP contribution is 2.59. The Morgan fingerprint density at radius 1 is 1.24 bits per heavy atom. The molecule has 1 unspecified atom stereocenters. The van der Waals surface area contributed by atoms with Gasteiger partial charge in [0.1, 0.15) is 0 Å². The first kappa shape index (κ1) is 25.1. The van der Waals surface area contributed by atoms with Crippen LogP contribution in [0.2, 0.25) is 0 Å². The Morgan fingerprint density at radius 2 is 1.94 bits per heavy atom. The molecule has 0 spiro atoms. The van der Waals surface area contributed by atoms with E-state index >= 15 is 0 Å². The zero-order chi connectivity index (χ0) is 24.1. The Morgan fingerprint density at radius 3 is 2.61 bits per heavy atom. The molecule has 3 aliphatic carbocycles. The molecule has 4 rings (SSSR count). The number of allylic oxidation sites excluding steroid dienone is 3. The van der Waals surface area contributed by atoms with Crippen LogP contribution in [-0.4, -0.2) is 52.9 Å². The van der Waals surface area contributed by atoms with Gasteiger partial charge in [-0.25, -0.2) is 8.78 Å². The standard InChI is InChI=1S/C28H43F2NO2/c1-17(14-31-15-22(16-31)28(5,29)30)23-10-11-24-20(7-6-12-27(23,24)4)8-9-21-13-25(32)19(3)26(33)18(21)2/h8-9,17,19,22-26,32-33H,2,6-7,10-16H2,1,3-5H3/b20-8+,21-9-/t17?,19-,23+,24-,25+,26+,27+/m0/s1. The second kappa shape index (κ2) is 9.20. The fourth-order valence-electron chi connectivity index (χ4n) is 7.43. The van der Waals surface area contributed by atoms with E-state index in [2.05, 4.69) is 37.5 Å². The van der Waals surface area contributed by atoms with Gasteiger partial charge in [-0.2, -0.15) is 0 Å². The average molecular weight is 464 g/mol. The van der Waals surface area contributed by atoms with Gasteiger partial charge in [-0.1, -0.05) is 45.1 Å². The molecule has 33 heavy (non-hydrogen) atoms. The summed E-state index contributed by atoms with van der Waals surface area (Å²) >= 11 is 0. The maximum Gasteiger partial charge on any atom is 0.250 e. The average Bonchev–Trinajstić information content (AvgIpc) is 3.07. The van der Waals surface area contributed by atoms with Gasteiger partial charge in [-0.05, 0) is 79.8 Å². The third-order valence-corrected chi connectivity index (χ3v) is 9.75. The largest absolute Gasteiger partial charge is 0.392 e. The summed E-state index contributed by atoms with van der Waals surface area (Å²) in [5, 5.41) is 20.7. The predicted octanol–water partition coefficient (Wildman–Crippen LogP) is 5.60. The van der Waals surface area contributed by atoms with Crippen LogP contribution in [0.15, 0.2) is 35.5 Å². The monoisotopic (exact) mass is 463 g/mol. The van der Waals surface area contributed by atoms with Crippen LogP contribution >= 0.6 is 0 Å². The fourth-order valence-corrected chi connectivity index (χ4v) is 7.43. The van der Waals surface area contributed by atoms with E-state index in [1.165, 1.54) is 31.3 Å². The number of halogens is 2. The van der Waals surface area contributed by atoms with Crippen LogP contribution in [0.4, 0.5) is 8.78 Å². The van der Waals surface area contributed by atoms with Gasteiger partial charge in [0.2, 0.25) is 0 Å². The van der Waals surface area contributed by atoms with E-state index in [1.54, 1.807) is 0 Å². The van der Waals surface area contributed by atoms with Crippen LogP contribution < -0.4 is 0 Å². The first-order valence-electron chi connectivity index (χ1n) is 13.0. The number of aliphatic hydroxyl groups is 2. The summed E-state index contributed by atoms with van der Waals surface area (Å²) in [4.78, 5) is 2.22. The third kappa shape index (κ3) is 4.75. The molecule has 0 aromatic heterocycles. The molecule has 3 saturated carbocycles. The van der Waals surface area contributed by atoms with E-state index in [0.717, 1.165) is 31.0 Å². The van der Waals surface area contributed by atoms with E-state index in [-0.39, 0.29) is 11.3 Å². The maximum atomic E-state index is 13.5. The molecule has 186 valence electrons. The second-order valence-electron chi connectivity index (χ2n) is 12.0. The molecular weight excluding hydrogens is 420 g/mol. The number of fused-ring (bicyclic) bond motifs is 1. The summed E-state index contributed by atoms with van der Waals surface area (Å²) < 4.78 is 27.1. The molecule has 4 aliphatic rings. The van der Waals surface area contributed by atoms with Crippen molar-refractivity contribution >= 4 is 0 Å². The molecule has 0 aromatic carbocycles. The summed E-state index contributed by atoms with van der Waals surface area (Å²) in [5.41, 5.74) is 3.47. The molecule has 1 aliphatic heterocycles. The van der Waals surface area contributed by atoms with E-state index in [4.69, 9.17) is 0 Å². The van der Waals surface area contributed by atoms with E-state index in [1.807, 2.05) is 6.92 Å². The number of hydrogen-bond donors (Lipinski definition) is 2. The summed E-state index contributed by atoms with van der Waals surface area (Å²) in [5.74, 6) is -1.53. The highest BCUT2D eigenvalue weighted by Gasteiger charge is 2.51. The highest BCUT2D eigenvalue weighted by molar-refractivity contribution is 5.39. The predicted molar refractivity (Wildman–Crippen MR) is 129 cm³/mol. The number of likely N-dealkylation sites (tertiary alicyclic amines) is 1. The molecule has 0 radical (unpaired) electrons. The first-order valence-corrected chi connectivity index (χ1v) is 13.0. The van der Waals surface area contributed by atoms with Gasteiger partial charge < -0.3 is 15.1 Å².